The third kappa shape index (κ3) is 2.49. The molecular formula is C11H12F3N3O. The molecule has 0 aromatic heterocycles. The van der Waals surface area contributed by atoms with E-state index < -0.39 is 6.36 Å². The maximum absolute atomic E-state index is 12.3. The summed E-state index contributed by atoms with van der Waals surface area (Å²) in [5, 5.41) is 0. The van der Waals surface area contributed by atoms with Gasteiger partial charge in [0, 0.05) is 12.6 Å². The van der Waals surface area contributed by atoms with E-state index in [0.717, 1.165) is 0 Å². The molecule has 0 bridgehead atoms. The predicted octanol–water partition coefficient (Wildman–Crippen LogP) is 1.89. The number of nitrogens with zero attached hydrogens (tertiary/aromatic N) is 2. The number of nitrogens with two attached hydrogens (primary N) is 1. The number of halogens is 3. The van der Waals surface area contributed by atoms with Gasteiger partial charge in [-0.2, -0.15) is 0 Å². The van der Waals surface area contributed by atoms with Gasteiger partial charge in [-0.05, 0) is 6.07 Å². The zero-order chi connectivity index (χ0) is 13.3. The van der Waals surface area contributed by atoms with Crippen LogP contribution in [-0.4, -0.2) is 30.8 Å². The third-order valence-electron chi connectivity index (χ3n) is 2.76. The second-order valence-electron chi connectivity index (χ2n) is 3.91. The van der Waals surface area contributed by atoms with Gasteiger partial charge in [-0.3, -0.25) is 4.99 Å². The van der Waals surface area contributed by atoms with Crippen molar-refractivity contribution in [2.45, 2.75) is 12.4 Å². The molecule has 98 valence electrons. The van der Waals surface area contributed by atoms with Gasteiger partial charge in [0.2, 0.25) is 0 Å². The summed E-state index contributed by atoms with van der Waals surface area (Å²) < 4.78 is 40.9. The average molecular weight is 259 g/mol. The quantitative estimate of drug-likeness (QED) is 0.882. The molecule has 1 unspecified atom stereocenters. The van der Waals surface area contributed by atoms with Crippen LogP contribution in [0.4, 0.5) is 13.2 Å². The number of benzene rings is 1. The van der Waals surface area contributed by atoms with Crippen molar-refractivity contribution in [3.05, 3.63) is 29.8 Å². The Morgan fingerprint density at radius 1 is 1.39 bits per heavy atom. The fourth-order valence-electron chi connectivity index (χ4n) is 1.85. The van der Waals surface area contributed by atoms with Gasteiger partial charge in [0.1, 0.15) is 5.75 Å². The zero-order valence-corrected chi connectivity index (χ0v) is 9.61. The summed E-state index contributed by atoms with van der Waals surface area (Å²) >= 11 is 0. The summed E-state index contributed by atoms with van der Waals surface area (Å²) in [5.41, 5.74) is 6.01. The van der Waals surface area contributed by atoms with Crippen molar-refractivity contribution in [3.63, 3.8) is 0 Å². The maximum Gasteiger partial charge on any atom is 0.573 e. The summed E-state index contributed by atoms with van der Waals surface area (Å²) in [5.74, 6) is 0.0913. The van der Waals surface area contributed by atoms with E-state index in [1.165, 1.54) is 12.1 Å². The Kier molecular flexibility index (Phi) is 3.06. The van der Waals surface area contributed by atoms with Crippen LogP contribution in [0.3, 0.4) is 0 Å². The molecule has 0 saturated carbocycles. The second-order valence-corrected chi connectivity index (χ2v) is 3.91. The van der Waals surface area contributed by atoms with Gasteiger partial charge < -0.3 is 15.4 Å². The maximum atomic E-state index is 12.3. The Labute approximate surface area is 102 Å². The molecule has 0 aliphatic carbocycles. The molecule has 0 radical (unpaired) electrons. The van der Waals surface area contributed by atoms with E-state index in [1.807, 2.05) is 0 Å². The minimum Gasteiger partial charge on any atom is -0.405 e. The zero-order valence-electron chi connectivity index (χ0n) is 9.61. The Balaban J connectivity index is 2.29. The van der Waals surface area contributed by atoms with E-state index in [0.29, 0.717) is 18.1 Å². The van der Waals surface area contributed by atoms with Gasteiger partial charge in [-0.15, -0.1) is 13.2 Å². The van der Waals surface area contributed by atoms with Crippen LogP contribution in [0, 0.1) is 0 Å². The monoisotopic (exact) mass is 259 g/mol. The lowest BCUT2D eigenvalue weighted by molar-refractivity contribution is -0.275. The average Bonchev–Trinajstić information content (AvgIpc) is 2.59. The van der Waals surface area contributed by atoms with Crippen LogP contribution >= 0.6 is 0 Å². The molecule has 1 aliphatic rings. The highest BCUT2D eigenvalue weighted by atomic mass is 19.4. The van der Waals surface area contributed by atoms with Crippen molar-refractivity contribution in [3.8, 4) is 5.75 Å². The van der Waals surface area contributed by atoms with Gasteiger partial charge in [-0.25, -0.2) is 0 Å². The van der Waals surface area contributed by atoms with E-state index >= 15 is 0 Å². The van der Waals surface area contributed by atoms with Gasteiger partial charge >= 0.3 is 6.36 Å². The van der Waals surface area contributed by atoms with Gasteiger partial charge in [0.25, 0.3) is 0 Å². The number of alkyl halides is 3. The van der Waals surface area contributed by atoms with Crippen LogP contribution in [-0.2, 0) is 0 Å². The van der Waals surface area contributed by atoms with Gasteiger partial charge in [0.05, 0.1) is 12.6 Å². The second kappa shape index (κ2) is 4.40. The molecule has 0 amide bonds. The highest BCUT2D eigenvalue weighted by Crippen LogP contribution is 2.34. The molecule has 1 atom stereocenters. The molecule has 7 heteroatoms. The number of likely N-dealkylation sites (N-methyl/N-ethyl adjacent to an activating group) is 1. The van der Waals surface area contributed by atoms with Crippen LogP contribution < -0.4 is 10.5 Å². The lowest BCUT2D eigenvalue weighted by Gasteiger charge is -2.24. The topological polar surface area (TPSA) is 50.8 Å². The standard InChI is InChI=1S/C11H12F3N3O/c1-17-8(6-16-10(17)15)7-4-2-3-5-9(7)18-11(12,13)14/h2-5,8H,6H2,1H3,(H2,15,16). The number of ether oxygens (including phenoxy) is 1. The first-order chi connectivity index (χ1) is 8.38. The van der Waals surface area contributed by atoms with Crippen LogP contribution in [0.5, 0.6) is 5.75 Å². The number of guanidine groups is 1. The van der Waals surface area contributed by atoms with Gasteiger partial charge in [-0.1, -0.05) is 18.2 Å². The molecule has 0 spiro atoms. The Morgan fingerprint density at radius 2 is 2.06 bits per heavy atom. The van der Waals surface area contributed by atoms with Crippen LogP contribution in [0.15, 0.2) is 29.3 Å². The molecule has 1 heterocycles. The Hall–Kier alpha value is -1.92. The molecule has 0 saturated heterocycles. The summed E-state index contributed by atoms with van der Waals surface area (Å²) in [7, 11) is 1.68. The minimum atomic E-state index is -4.71. The van der Waals surface area contributed by atoms with E-state index in [-0.39, 0.29) is 11.8 Å². The lowest BCUT2D eigenvalue weighted by atomic mass is 10.1. The smallest absolute Gasteiger partial charge is 0.405 e. The van der Waals surface area contributed by atoms with E-state index in [2.05, 4.69) is 9.73 Å². The highest BCUT2D eigenvalue weighted by Gasteiger charge is 2.34. The molecule has 4 nitrogen and oxygen atoms in total. The highest BCUT2D eigenvalue weighted by molar-refractivity contribution is 5.80. The first-order valence-electron chi connectivity index (χ1n) is 5.26. The number of hydrogen-bond acceptors (Lipinski definition) is 4. The molecule has 1 aromatic rings. The van der Waals surface area contributed by atoms with Crippen molar-refractivity contribution in [1.29, 1.82) is 0 Å². The Morgan fingerprint density at radius 3 is 2.61 bits per heavy atom. The molecular weight excluding hydrogens is 247 g/mol. The molecule has 18 heavy (non-hydrogen) atoms. The Bertz CT molecular complexity index is 473. The minimum absolute atomic E-state index is 0.216. The van der Waals surface area contributed by atoms with Crippen molar-refractivity contribution in [2.75, 3.05) is 13.6 Å². The van der Waals surface area contributed by atoms with E-state index in [4.69, 9.17) is 5.73 Å². The fourth-order valence-corrected chi connectivity index (χ4v) is 1.85. The molecule has 0 fully saturated rings. The lowest BCUT2D eigenvalue weighted by Crippen LogP contribution is -2.32. The molecule has 1 aliphatic heterocycles. The molecule has 2 N–H and O–H groups in total. The summed E-state index contributed by atoms with van der Waals surface area (Å²) in [6.07, 6.45) is -4.71. The number of rotatable bonds is 2. The largest absolute Gasteiger partial charge is 0.573 e. The van der Waals surface area contributed by atoms with Crippen LogP contribution in [0.1, 0.15) is 11.6 Å². The predicted molar refractivity (Wildman–Crippen MR) is 60.1 cm³/mol. The SMILES string of the molecule is CN1C(N)=NCC1c1ccccc1OC(F)(F)F. The first-order valence-corrected chi connectivity index (χ1v) is 5.26. The van der Waals surface area contributed by atoms with E-state index in [1.54, 1.807) is 24.1 Å². The fraction of sp³-hybridized carbons (Fsp3) is 0.364. The molecule has 2 rings (SSSR count). The van der Waals surface area contributed by atoms with Crippen molar-refractivity contribution in [1.82, 2.24) is 4.90 Å². The third-order valence-corrected chi connectivity index (χ3v) is 2.76. The number of para-hydroxylation sites is 1. The summed E-state index contributed by atoms with van der Waals surface area (Å²) in [6.45, 7) is 0.320. The summed E-state index contributed by atoms with van der Waals surface area (Å²) in [6, 6.07) is 5.68. The number of aliphatic imine (C=N–C) groups is 1. The van der Waals surface area contributed by atoms with Crippen molar-refractivity contribution < 1.29 is 17.9 Å². The van der Waals surface area contributed by atoms with Crippen LogP contribution in [0.25, 0.3) is 0 Å². The van der Waals surface area contributed by atoms with Crippen LogP contribution in [0.2, 0.25) is 0 Å². The van der Waals surface area contributed by atoms with Crippen molar-refractivity contribution >= 4 is 5.96 Å². The number of hydrogen-bond donors (Lipinski definition) is 1. The normalized spacial score (nSPS) is 19.9. The van der Waals surface area contributed by atoms with E-state index in [9.17, 15) is 13.2 Å². The molecule has 1 aromatic carbocycles. The van der Waals surface area contributed by atoms with Gasteiger partial charge in [0.15, 0.2) is 5.96 Å². The van der Waals surface area contributed by atoms with Crippen molar-refractivity contribution in [2.24, 2.45) is 10.7 Å². The summed E-state index contributed by atoms with van der Waals surface area (Å²) in [4.78, 5) is 5.62. The first kappa shape index (κ1) is 12.5.